The zero-order chi connectivity index (χ0) is 13.3. The third kappa shape index (κ3) is 2.37. The SMILES string of the molecule is CN(CC1CC1)S(=O)(=O)c1cccc(F)c1C#N. The first kappa shape index (κ1) is 13.0. The molecule has 0 bridgehead atoms. The normalized spacial score (nSPS) is 15.7. The van der Waals surface area contributed by atoms with Crippen LogP contribution in [0.4, 0.5) is 4.39 Å². The third-order valence-corrected chi connectivity index (χ3v) is 4.85. The number of rotatable bonds is 4. The fourth-order valence-electron chi connectivity index (χ4n) is 1.76. The molecular formula is C12H13FN2O2S. The first-order valence-electron chi connectivity index (χ1n) is 5.61. The van der Waals surface area contributed by atoms with Gasteiger partial charge in [0.15, 0.2) is 0 Å². The molecule has 1 aromatic carbocycles. The Balaban J connectivity index is 2.40. The highest BCUT2D eigenvalue weighted by atomic mass is 32.2. The topological polar surface area (TPSA) is 61.2 Å². The quantitative estimate of drug-likeness (QED) is 0.835. The van der Waals surface area contributed by atoms with Crippen molar-refractivity contribution in [2.24, 2.45) is 5.92 Å². The molecule has 0 amide bonds. The summed E-state index contributed by atoms with van der Waals surface area (Å²) in [5.74, 6) is -0.415. The van der Waals surface area contributed by atoms with Crippen molar-refractivity contribution >= 4 is 10.0 Å². The van der Waals surface area contributed by atoms with Gasteiger partial charge in [0, 0.05) is 13.6 Å². The van der Waals surface area contributed by atoms with Crippen LogP contribution >= 0.6 is 0 Å². The second-order valence-electron chi connectivity index (χ2n) is 4.45. The lowest BCUT2D eigenvalue weighted by molar-refractivity contribution is 0.452. The Bertz CT molecular complexity index is 603. The molecule has 0 aromatic heterocycles. The second-order valence-corrected chi connectivity index (χ2v) is 6.47. The Hall–Kier alpha value is -1.45. The van der Waals surface area contributed by atoms with Crippen molar-refractivity contribution < 1.29 is 12.8 Å². The molecule has 0 aliphatic heterocycles. The molecule has 0 spiro atoms. The fraction of sp³-hybridized carbons (Fsp3) is 0.417. The third-order valence-electron chi connectivity index (χ3n) is 2.99. The van der Waals surface area contributed by atoms with Crippen molar-refractivity contribution in [1.29, 1.82) is 5.26 Å². The van der Waals surface area contributed by atoms with Crippen LogP contribution in [0.3, 0.4) is 0 Å². The van der Waals surface area contributed by atoms with E-state index in [9.17, 15) is 12.8 Å². The van der Waals surface area contributed by atoms with E-state index >= 15 is 0 Å². The van der Waals surface area contributed by atoms with E-state index in [1.54, 1.807) is 6.07 Å². The summed E-state index contributed by atoms with van der Waals surface area (Å²) in [5, 5.41) is 8.87. The van der Waals surface area contributed by atoms with Crippen LogP contribution in [0.25, 0.3) is 0 Å². The Labute approximate surface area is 106 Å². The molecular weight excluding hydrogens is 255 g/mol. The molecule has 1 saturated carbocycles. The predicted molar refractivity (Wildman–Crippen MR) is 63.7 cm³/mol. The molecule has 0 radical (unpaired) electrons. The van der Waals surface area contributed by atoms with Crippen LogP contribution in [0.5, 0.6) is 0 Å². The Morgan fingerprint density at radius 1 is 1.50 bits per heavy atom. The van der Waals surface area contributed by atoms with Crippen molar-refractivity contribution in [3.05, 3.63) is 29.6 Å². The summed E-state index contributed by atoms with van der Waals surface area (Å²) in [6, 6.07) is 5.26. The molecule has 1 aliphatic rings. The van der Waals surface area contributed by atoms with Crippen molar-refractivity contribution in [2.45, 2.75) is 17.7 Å². The minimum atomic E-state index is -3.79. The molecule has 4 nitrogen and oxygen atoms in total. The Kier molecular flexibility index (Phi) is 3.37. The summed E-state index contributed by atoms with van der Waals surface area (Å²) in [5.41, 5.74) is -0.417. The maximum atomic E-state index is 13.4. The summed E-state index contributed by atoms with van der Waals surface area (Å²) < 4.78 is 39.1. The van der Waals surface area contributed by atoms with Crippen molar-refractivity contribution in [3.63, 3.8) is 0 Å². The fourth-order valence-corrected chi connectivity index (χ4v) is 3.15. The molecule has 0 atom stereocenters. The Morgan fingerprint density at radius 3 is 2.72 bits per heavy atom. The van der Waals surface area contributed by atoms with Crippen molar-refractivity contribution in [2.75, 3.05) is 13.6 Å². The average molecular weight is 268 g/mol. The lowest BCUT2D eigenvalue weighted by Gasteiger charge is -2.17. The minimum absolute atomic E-state index is 0.256. The monoisotopic (exact) mass is 268 g/mol. The van der Waals surface area contributed by atoms with Gasteiger partial charge in [-0.2, -0.15) is 5.26 Å². The van der Waals surface area contributed by atoms with Gasteiger partial charge in [0.05, 0.1) is 0 Å². The maximum Gasteiger partial charge on any atom is 0.244 e. The maximum absolute atomic E-state index is 13.4. The van der Waals surface area contributed by atoms with Gasteiger partial charge in [-0.25, -0.2) is 17.1 Å². The standard InChI is InChI=1S/C12H13FN2O2S/c1-15(8-9-5-6-9)18(16,17)12-4-2-3-11(13)10(12)7-14/h2-4,9H,5-6,8H2,1H3. The van der Waals surface area contributed by atoms with E-state index in [1.807, 2.05) is 0 Å². The smallest absolute Gasteiger partial charge is 0.207 e. The van der Waals surface area contributed by atoms with Crippen LogP contribution in [-0.2, 0) is 10.0 Å². The summed E-state index contributed by atoms with van der Waals surface area (Å²) in [7, 11) is -2.33. The average Bonchev–Trinajstić information content (AvgIpc) is 3.12. The number of benzene rings is 1. The zero-order valence-corrected chi connectivity index (χ0v) is 10.7. The second kappa shape index (κ2) is 4.67. The summed E-state index contributed by atoms with van der Waals surface area (Å²) in [6.07, 6.45) is 2.04. The van der Waals surface area contributed by atoms with E-state index in [-0.39, 0.29) is 4.90 Å². The summed E-state index contributed by atoms with van der Waals surface area (Å²) in [4.78, 5) is -0.256. The summed E-state index contributed by atoms with van der Waals surface area (Å²) in [6.45, 7) is 0.420. The first-order chi connectivity index (χ1) is 8.46. The molecule has 1 aromatic rings. The molecule has 18 heavy (non-hydrogen) atoms. The van der Waals surface area contributed by atoms with Crippen LogP contribution < -0.4 is 0 Å². The molecule has 6 heteroatoms. The number of hydrogen-bond donors (Lipinski definition) is 0. The molecule has 1 aliphatic carbocycles. The highest BCUT2D eigenvalue weighted by molar-refractivity contribution is 7.89. The zero-order valence-electron chi connectivity index (χ0n) is 9.93. The highest BCUT2D eigenvalue weighted by Crippen LogP contribution is 2.31. The van der Waals surface area contributed by atoms with Crippen molar-refractivity contribution in [1.82, 2.24) is 4.31 Å². The number of nitriles is 1. The molecule has 0 unspecified atom stereocenters. The van der Waals surface area contributed by atoms with E-state index in [4.69, 9.17) is 5.26 Å². The minimum Gasteiger partial charge on any atom is -0.207 e. The van der Waals surface area contributed by atoms with Gasteiger partial charge in [0.1, 0.15) is 22.3 Å². The highest BCUT2D eigenvalue weighted by Gasteiger charge is 2.31. The van der Waals surface area contributed by atoms with Crippen LogP contribution in [0, 0.1) is 23.1 Å². The van der Waals surface area contributed by atoms with E-state index in [0.717, 1.165) is 18.9 Å². The Morgan fingerprint density at radius 2 is 2.17 bits per heavy atom. The first-order valence-corrected chi connectivity index (χ1v) is 7.05. The van der Waals surface area contributed by atoms with Gasteiger partial charge >= 0.3 is 0 Å². The lowest BCUT2D eigenvalue weighted by Crippen LogP contribution is -2.29. The van der Waals surface area contributed by atoms with E-state index < -0.39 is 21.4 Å². The van der Waals surface area contributed by atoms with Gasteiger partial charge in [-0.05, 0) is 30.9 Å². The molecule has 96 valence electrons. The largest absolute Gasteiger partial charge is 0.244 e. The van der Waals surface area contributed by atoms with Crippen molar-refractivity contribution in [3.8, 4) is 6.07 Å². The van der Waals surface area contributed by atoms with E-state index in [0.29, 0.717) is 12.5 Å². The molecule has 0 saturated heterocycles. The van der Waals surface area contributed by atoms with Gasteiger partial charge in [0.2, 0.25) is 10.0 Å². The number of hydrogen-bond acceptors (Lipinski definition) is 3. The lowest BCUT2D eigenvalue weighted by atomic mass is 10.2. The van der Waals surface area contributed by atoms with Gasteiger partial charge < -0.3 is 0 Å². The van der Waals surface area contributed by atoms with Gasteiger partial charge in [-0.1, -0.05) is 6.07 Å². The number of sulfonamides is 1. The van der Waals surface area contributed by atoms with Gasteiger partial charge in [-0.3, -0.25) is 0 Å². The van der Waals surface area contributed by atoms with Crippen LogP contribution in [0.2, 0.25) is 0 Å². The van der Waals surface area contributed by atoms with Crippen LogP contribution in [-0.4, -0.2) is 26.3 Å². The summed E-state index contributed by atoms with van der Waals surface area (Å²) >= 11 is 0. The molecule has 2 rings (SSSR count). The van der Waals surface area contributed by atoms with Crippen LogP contribution in [0.1, 0.15) is 18.4 Å². The predicted octanol–water partition coefficient (Wildman–Crippen LogP) is 1.73. The number of nitrogens with zero attached hydrogens (tertiary/aromatic N) is 2. The molecule has 0 heterocycles. The van der Waals surface area contributed by atoms with E-state index in [1.165, 1.54) is 23.5 Å². The molecule has 0 N–H and O–H groups in total. The van der Waals surface area contributed by atoms with E-state index in [2.05, 4.69) is 0 Å². The van der Waals surface area contributed by atoms with Gasteiger partial charge in [0.25, 0.3) is 0 Å². The number of halogens is 1. The van der Waals surface area contributed by atoms with Gasteiger partial charge in [-0.15, -0.1) is 0 Å². The molecule has 1 fully saturated rings. The van der Waals surface area contributed by atoms with Crippen LogP contribution in [0.15, 0.2) is 23.1 Å².